The minimum atomic E-state index is -3.83. The Morgan fingerprint density at radius 2 is 1.71 bits per heavy atom. The van der Waals surface area contributed by atoms with Crippen LogP contribution in [0.5, 0.6) is 0 Å². The number of ether oxygens (including phenoxy) is 1. The lowest BCUT2D eigenvalue weighted by Gasteiger charge is -2.13. The van der Waals surface area contributed by atoms with Gasteiger partial charge in [-0.05, 0) is 57.5 Å². The van der Waals surface area contributed by atoms with Crippen molar-refractivity contribution in [1.29, 1.82) is 0 Å². The lowest BCUT2D eigenvalue weighted by atomic mass is 10.1. The predicted octanol–water partition coefficient (Wildman–Crippen LogP) is 1.67. The van der Waals surface area contributed by atoms with Crippen molar-refractivity contribution < 1.29 is 27.5 Å². The monoisotopic (exact) mass is 407 g/mol. The first-order chi connectivity index (χ1) is 12.9. The Morgan fingerprint density at radius 3 is 2.18 bits per heavy atom. The summed E-state index contributed by atoms with van der Waals surface area (Å²) in [4.78, 5) is 39.0. The van der Waals surface area contributed by atoms with Gasteiger partial charge in [0.15, 0.2) is 11.9 Å². The number of carbonyl (C=O) groups excluding carboxylic acids is 3. The Kier molecular flexibility index (Phi) is 6.05. The largest absolute Gasteiger partial charge is 0.448 e. The zero-order valence-corrected chi connectivity index (χ0v) is 16.6. The third-order valence-corrected chi connectivity index (χ3v) is 5.03. The highest BCUT2D eigenvalue weighted by Crippen LogP contribution is 2.20. The Bertz CT molecular complexity index is 1040. The summed E-state index contributed by atoms with van der Waals surface area (Å²) >= 11 is 0. The number of benzene rings is 1. The molecule has 0 bridgehead atoms. The summed E-state index contributed by atoms with van der Waals surface area (Å²) in [6.45, 7) is 6.08. The van der Waals surface area contributed by atoms with E-state index in [1.165, 1.54) is 38.1 Å². The summed E-state index contributed by atoms with van der Waals surface area (Å²) in [5.74, 6) is -1.55. The maximum absolute atomic E-state index is 12.4. The Balaban J connectivity index is 2.07. The molecule has 1 amide bonds. The fourth-order valence-corrected chi connectivity index (χ4v) is 3.24. The van der Waals surface area contributed by atoms with Crippen LogP contribution in [-0.2, 0) is 19.6 Å². The number of esters is 1. The lowest BCUT2D eigenvalue weighted by Crippen LogP contribution is -2.30. The molecule has 1 aromatic carbocycles. The number of ketones is 1. The molecule has 1 heterocycles. The highest BCUT2D eigenvalue weighted by molar-refractivity contribution is 7.89. The van der Waals surface area contributed by atoms with Gasteiger partial charge in [0.05, 0.1) is 4.90 Å². The summed E-state index contributed by atoms with van der Waals surface area (Å²) in [5.41, 5.74) is 1.84. The molecule has 1 aromatic heterocycles. The van der Waals surface area contributed by atoms with Crippen LogP contribution in [0, 0.1) is 13.8 Å². The molecule has 0 saturated carbocycles. The maximum Gasteiger partial charge on any atom is 0.355 e. The van der Waals surface area contributed by atoms with Crippen molar-refractivity contribution in [2.24, 2.45) is 5.14 Å². The Morgan fingerprint density at radius 1 is 1.14 bits per heavy atom. The lowest BCUT2D eigenvalue weighted by molar-refractivity contribution is -0.123. The predicted molar refractivity (Wildman–Crippen MR) is 102 cm³/mol. The van der Waals surface area contributed by atoms with Crippen molar-refractivity contribution >= 4 is 33.4 Å². The van der Waals surface area contributed by atoms with E-state index in [-0.39, 0.29) is 16.4 Å². The zero-order chi connectivity index (χ0) is 21.2. The van der Waals surface area contributed by atoms with Crippen LogP contribution in [0.2, 0.25) is 0 Å². The number of H-pyrrole nitrogens is 1. The molecular formula is C18H21N3O6S. The topological polar surface area (TPSA) is 148 Å². The summed E-state index contributed by atoms with van der Waals surface area (Å²) in [6.07, 6.45) is -1.13. The smallest absolute Gasteiger partial charge is 0.355 e. The number of sulfonamides is 1. The van der Waals surface area contributed by atoms with E-state index in [0.29, 0.717) is 22.5 Å². The molecule has 0 aliphatic carbocycles. The van der Waals surface area contributed by atoms with Gasteiger partial charge in [-0.2, -0.15) is 0 Å². The van der Waals surface area contributed by atoms with Gasteiger partial charge in [0, 0.05) is 16.9 Å². The number of amides is 1. The first-order valence-electron chi connectivity index (χ1n) is 8.26. The van der Waals surface area contributed by atoms with Gasteiger partial charge in [0.1, 0.15) is 5.69 Å². The van der Waals surface area contributed by atoms with Crippen molar-refractivity contribution in [2.75, 3.05) is 5.32 Å². The molecule has 0 radical (unpaired) electrons. The van der Waals surface area contributed by atoms with Crippen molar-refractivity contribution in [1.82, 2.24) is 4.98 Å². The number of Topliss-reactive ketones (excluding diaryl/α,β-unsaturated/α-hetero) is 1. The van der Waals surface area contributed by atoms with Gasteiger partial charge in [0.2, 0.25) is 10.0 Å². The molecule has 4 N–H and O–H groups in total. The summed E-state index contributed by atoms with van der Waals surface area (Å²) in [7, 11) is -3.83. The number of aromatic nitrogens is 1. The Labute approximate surface area is 162 Å². The molecule has 2 aromatic rings. The van der Waals surface area contributed by atoms with E-state index in [1.54, 1.807) is 13.8 Å². The van der Waals surface area contributed by atoms with E-state index in [4.69, 9.17) is 9.88 Å². The number of nitrogens with one attached hydrogen (secondary N) is 2. The third kappa shape index (κ3) is 4.65. The number of carbonyl (C=O) groups is 3. The second-order valence-electron chi connectivity index (χ2n) is 6.29. The normalized spacial score (nSPS) is 12.3. The van der Waals surface area contributed by atoms with E-state index < -0.39 is 28.0 Å². The van der Waals surface area contributed by atoms with Crippen molar-refractivity contribution in [2.45, 2.75) is 38.7 Å². The SMILES string of the molecule is CC(=O)c1c(C)[nH]c(C(=O)OC(C)C(=O)Nc2ccc(S(N)(=O)=O)cc2)c1C. The minimum absolute atomic E-state index is 0.0937. The van der Waals surface area contributed by atoms with E-state index >= 15 is 0 Å². The number of hydrogen-bond donors (Lipinski definition) is 3. The summed E-state index contributed by atoms with van der Waals surface area (Å²) in [5, 5.41) is 7.52. The van der Waals surface area contributed by atoms with E-state index in [2.05, 4.69) is 10.3 Å². The second kappa shape index (κ2) is 7.95. The number of primary sulfonamides is 1. The fraction of sp³-hybridized carbons (Fsp3) is 0.278. The van der Waals surface area contributed by atoms with Crippen molar-refractivity contribution in [3.8, 4) is 0 Å². The van der Waals surface area contributed by atoms with Gasteiger partial charge in [-0.3, -0.25) is 9.59 Å². The molecule has 150 valence electrons. The number of nitrogens with two attached hydrogens (primary N) is 1. The molecule has 0 fully saturated rings. The number of aromatic amines is 1. The van der Waals surface area contributed by atoms with Crippen LogP contribution in [-0.4, -0.2) is 37.2 Å². The van der Waals surface area contributed by atoms with Crippen molar-refractivity contribution in [3.05, 3.63) is 46.8 Å². The molecule has 10 heteroatoms. The molecule has 2 rings (SSSR count). The van der Waals surface area contributed by atoms with Crippen LogP contribution in [0.4, 0.5) is 5.69 Å². The van der Waals surface area contributed by atoms with Gasteiger partial charge in [0.25, 0.3) is 5.91 Å². The van der Waals surface area contributed by atoms with Crippen molar-refractivity contribution in [3.63, 3.8) is 0 Å². The van der Waals surface area contributed by atoms with Crippen LogP contribution in [0.1, 0.15) is 46.0 Å². The van der Waals surface area contributed by atoms with Crippen LogP contribution in [0.3, 0.4) is 0 Å². The highest BCUT2D eigenvalue weighted by Gasteiger charge is 2.24. The van der Waals surface area contributed by atoms with Gasteiger partial charge in [-0.25, -0.2) is 18.4 Å². The number of anilines is 1. The molecule has 9 nitrogen and oxygen atoms in total. The number of rotatable bonds is 6. The first kappa shape index (κ1) is 21.3. The van der Waals surface area contributed by atoms with Crippen LogP contribution in [0.25, 0.3) is 0 Å². The van der Waals surface area contributed by atoms with E-state index in [1.807, 2.05) is 0 Å². The van der Waals surface area contributed by atoms with Crippen LogP contribution < -0.4 is 10.5 Å². The average Bonchev–Trinajstić information content (AvgIpc) is 2.89. The molecule has 1 unspecified atom stereocenters. The molecule has 0 aliphatic heterocycles. The fourth-order valence-electron chi connectivity index (χ4n) is 2.73. The molecule has 28 heavy (non-hydrogen) atoms. The summed E-state index contributed by atoms with van der Waals surface area (Å²) in [6, 6.07) is 5.22. The quantitative estimate of drug-likeness (QED) is 0.490. The van der Waals surface area contributed by atoms with Gasteiger partial charge in [-0.1, -0.05) is 0 Å². The van der Waals surface area contributed by atoms with Gasteiger partial charge < -0.3 is 15.0 Å². The first-order valence-corrected chi connectivity index (χ1v) is 9.81. The molecular weight excluding hydrogens is 386 g/mol. The van der Waals surface area contributed by atoms with Crippen LogP contribution >= 0.6 is 0 Å². The van der Waals surface area contributed by atoms with Crippen LogP contribution in [0.15, 0.2) is 29.2 Å². The average molecular weight is 407 g/mol. The minimum Gasteiger partial charge on any atom is -0.448 e. The molecule has 0 spiro atoms. The van der Waals surface area contributed by atoms with Gasteiger partial charge >= 0.3 is 5.97 Å². The summed E-state index contributed by atoms with van der Waals surface area (Å²) < 4.78 is 27.6. The molecule has 0 saturated heterocycles. The number of aryl methyl sites for hydroxylation is 1. The highest BCUT2D eigenvalue weighted by atomic mass is 32.2. The Hall–Kier alpha value is -2.98. The van der Waals surface area contributed by atoms with E-state index in [9.17, 15) is 22.8 Å². The maximum atomic E-state index is 12.4. The molecule has 1 atom stereocenters. The standard InChI is InChI=1S/C18H21N3O6S/c1-9-15(11(3)22)10(2)20-16(9)18(24)27-12(4)17(23)21-13-5-7-14(8-6-13)28(19,25)26/h5-8,12,20H,1-4H3,(H,21,23)(H2,19,25,26). The van der Waals surface area contributed by atoms with Gasteiger partial charge in [-0.15, -0.1) is 0 Å². The number of hydrogen-bond acceptors (Lipinski definition) is 6. The molecule has 0 aliphatic rings. The third-order valence-electron chi connectivity index (χ3n) is 4.10. The van der Waals surface area contributed by atoms with E-state index in [0.717, 1.165) is 0 Å². The zero-order valence-electron chi connectivity index (χ0n) is 15.8. The second-order valence-corrected chi connectivity index (χ2v) is 7.85.